The number of carbonyl (C=O) groups excluding carboxylic acids is 1. The van der Waals surface area contributed by atoms with E-state index in [4.69, 9.17) is 11.6 Å². The Bertz CT molecular complexity index is 636. The second-order valence-corrected chi connectivity index (χ2v) is 5.01. The minimum absolute atomic E-state index is 0.0426. The summed E-state index contributed by atoms with van der Waals surface area (Å²) in [7, 11) is 0. The fourth-order valence-electron chi connectivity index (χ4n) is 1.95. The number of hydrogen-bond acceptors (Lipinski definition) is 1. The molecule has 0 spiro atoms. The van der Waals surface area contributed by atoms with Gasteiger partial charge in [0, 0.05) is 12.0 Å². The molecule has 5 heteroatoms. The Labute approximate surface area is 125 Å². The Kier molecular flexibility index (Phi) is 4.68. The van der Waals surface area contributed by atoms with Crippen molar-refractivity contribution in [1.29, 1.82) is 0 Å². The van der Waals surface area contributed by atoms with Crippen LogP contribution in [0.4, 0.5) is 13.2 Å². The van der Waals surface area contributed by atoms with E-state index in [1.165, 1.54) is 0 Å². The molecular weight excluding hydrogens is 301 g/mol. The molecule has 0 fully saturated rings. The SMILES string of the molecule is O=C(CCc1ccccc1)c1cc(C(F)(F)F)ccc1Cl. The number of benzene rings is 2. The second kappa shape index (κ2) is 6.31. The third-order valence-electron chi connectivity index (χ3n) is 3.08. The highest BCUT2D eigenvalue weighted by Crippen LogP contribution is 2.32. The van der Waals surface area contributed by atoms with E-state index in [-0.39, 0.29) is 17.0 Å². The van der Waals surface area contributed by atoms with Crippen LogP contribution in [0.15, 0.2) is 48.5 Å². The minimum atomic E-state index is -4.49. The fourth-order valence-corrected chi connectivity index (χ4v) is 2.18. The van der Waals surface area contributed by atoms with E-state index in [2.05, 4.69) is 0 Å². The number of rotatable bonds is 4. The van der Waals surface area contributed by atoms with Crippen LogP contribution in [-0.2, 0) is 12.6 Å². The van der Waals surface area contributed by atoms with Crippen molar-refractivity contribution in [3.63, 3.8) is 0 Å². The Morgan fingerprint density at radius 1 is 1.05 bits per heavy atom. The molecule has 1 nitrogen and oxygen atoms in total. The number of alkyl halides is 3. The zero-order valence-electron chi connectivity index (χ0n) is 11.0. The number of hydrogen-bond donors (Lipinski definition) is 0. The number of Topliss-reactive ketones (excluding diaryl/α,β-unsaturated/α-hetero) is 1. The maximum absolute atomic E-state index is 12.7. The Balaban J connectivity index is 2.15. The van der Waals surface area contributed by atoms with E-state index >= 15 is 0 Å². The monoisotopic (exact) mass is 312 g/mol. The average Bonchev–Trinajstić information content (AvgIpc) is 2.45. The average molecular weight is 313 g/mol. The molecule has 2 rings (SSSR count). The predicted octanol–water partition coefficient (Wildman–Crippen LogP) is 5.17. The molecule has 0 unspecified atom stereocenters. The number of carbonyl (C=O) groups is 1. The molecule has 0 aliphatic heterocycles. The number of halogens is 4. The van der Waals surface area contributed by atoms with Gasteiger partial charge in [-0.05, 0) is 30.2 Å². The van der Waals surface area contributed by atoms with Gasteiger partial charge in [-0.2, -0.15) is 13.2 Å². The van der Waals surface area contributed by atoms with Gasteiger partial charge in [-0.1, -0.05) is 41.9 Å². The summed E-state index contributed by atoms with van der Waals surface area (Å²) in [5, 5.41) is 0.0426. The van der Waals surface area contributed by atoms with Gasteiger partial charge in [-0.25, -0.2) is 0 Å². The van der Waals surface area contributed by atoms with Gasteiger partial charge in [0.2, 0.25) is 0 Å². The second-order valence-electron chi connectivity index (χ2n) is 4.60. The highest BCUT2D eigenvalue weighted by atomic mass is 35.5. The summed E-state index contributed by atoms with van der Waals surface area (Å²) in [5.74, 6) is -0.394. The molecule has 2 aromatic rings. The molecule has 21 heavy (non-hydrogen) atoms. The van der Waals surface area contributed by atoms with E-state index in [0.717, 1.165) is 23.8 Å². The van der Waals surface area contributed by atoms with Crippen molar-refractivity contribution >= 4 is 17.4 Å². The molecule has 110 valence electrons. The van der Waals surface area contributed by atoms with Crippen LogP contribution in [-0.4, -0.2) is 5.78 Å². The van der Waals surface area contributed by atoms with E-state index in [1.54, 1.807) is 0 Å². The molecule has 0 bridgehead atoms. The Hall–Kier alpha value is -1.81. The molecule has 0 aliphatic rings. The highest BCUT2D eigenvalue weighted by molar-refractivity contribution is 6.34. The topological polar surface area (TPSA) is 17.1 Å². The maximum atomic E-state index is 12.7. The fraction of sp³-hybridized carbons (Fsp3) is 0.188. The van der Waals surface area contributed by atoms with Gasteiger partial charge in [-0.3, -0.25) is 4.79 Å². The molecule has 0 aliphatic carbocycles. The van der Waals surface area contributed by atoms with Gasteiger partial charge in [0.15, 0.2) is 5.78 Å². The van der Waals surface area contributed by atoms with Crippen LogP contribution in [0.25, 0.3) is 0 Å². The van der Waals surface area contributed by atoms with Crippen LogP contribution in [0.3, 0.4) is 0 Å². The summed E-state index contributed by atoms with van der Waals surface area (Å²) in [6.07, 6.45) is -3.91. The number of aryl methyl sites for hydroxylation is 1. The first-order valence-corrected chi connectivity index (χ1v) is 6.69. The molecule has 0 heterocycles. The van der Waals surface area contributed by atoms with Crippen molar-refractivity contribution in [2.24, 2.45) is 0 Å². The molecule has 2 aromatic carbocycles. The maximum Gasteiger partial charge on any atom is 0.416 e. The van der Waals surface area contributed by atoms with Gasteiger partial charge < -0.3 is 0 Å². The summed E-state index contributed by atoms with van der Waals surface area (Å²) < 4.78 is 38.0. The van der Waals surface area contributed by atoms with Gasteiger partial charge in [0.05, 0.1) is 10.6 Å². The van der Waals surface area contributed by atoms with Crippen LogP contribution >= 0.6 is 11.6 Å². The molecule has 0 saturated carbocycles. The van der Waals surface area contributed by atoms with Gasteiger partial charge >= 0.3 is 6.18 Å². The minimum Gasteiger partial charge on any atom is -0.294 e. The lowest BCUT2D eigenvalue weighted by Gasteiger charge is -2.10. The van der Waals surface area contributed by atoms with Gasteiger partial charge in [0.1, 0.15) is 0 Å². The summed E-state index contributed by atoms with van der Waals surface area (Å²) in [6.45, 7) is 0. The summed E-state index contributed by atoms with van der Waals surface area (Å²) in [6, 6.07) is 12.1. The van der Waals surface area contributed by atoms with E-state index in [1.807, 2.05) is 30.3 Å². The third kappa shape index (κ3) is 4.08. The van der Waals surface area contributed by atoms with Crippen molar-refractivity contribution in [2.75, 3.05) is 0 Å². The van der Waals surface area contributed by atoms with Crippen molar-refractivity contribution in [1.82, 2.24) is 0 Å². The first-order valence-electron chi connectivity index (χ1n) is 6.32. The zero-order chi connectivity index (χ0) is 15.5. The van der Waals surface area contributed by atoms with Crippen LogP contribution in [0, 0.1) is 0 Å². The van der Waals surface area contributed by atoms with Crippen molar-refractivity contribution < 1.29 is 18.0 Å². The van der Waals surface area contributed by atoms with E-state index in [0.29, 0.717) is 6.42 Å². The Morgan fingerprint density at radius 3 is 2.33 bits per heavy atom. The number of ketones is 1. The van der Waals surface area contributed by atoms with E-state index in [9.17, 15) is 18.0 Å². The summed E-state index contributed by atoms with van der Waals surface area (Å²) in [5.41, 5.74) is 0.00586. The first-order chi connectivity index (χ1) is 9.88. The zero-order valence-corrected chi connectivity index (χ0v) is 11.7. The van der Waals surface area contributed by atoms with Crippen molar-refractivity contribution in [3.05, 3.63) is 70.2 Å². The van der Waals surface area contributed by atoms with Crippen molar-refractivity contribution in [2.45, 2.75) is 19.0 Å². The van der Waals surface area contributed by atoms with Crippen LogP contribution < -0.4 is 0 Å². The standard InChI is InChI=1S/C16H12ClF3O/c17-14-8-7-12(16(18,19)20)10-13(14)15(21)9-6-11-4-2-1-3-5-11/h1-5,7-8,10H,6,9H2. The molecule has 0 aromatic heterocycles. The lowest BCUT2D eigenvalue weighted by Crippen LogP contribution is -2.08. The molecule has 0 radical (unpaired) electrons. The van der Waals surface area contributed by atoms with Crippen molar-refractivity contribution in [3.8, 4) is 0 Å². The summed E-state index contributed by atoms with van der Waals surface area (Å²) in [4.78, 5) is 12.1. The largest absolute Gasteiger partial charge is 0.416 e. The van der Waals surface area contributed by atoms with Crippen LogP contribution in [0.2, 0.25) is 5.02 Å². The van der Waals surface area contributed by atoms with Crippen LogP contribution in [0.1, 0.15) is 27.9 Å². The molecule has 0 saturated heterocycles. The van der Waals surface area contributed by atoms with Gasteiger partial charge in [-0.15, -0.1) is 0 Å². The van der Waals surface area contributed by atoms with Crippen LogP contribution in [0.5, 0.6) is 0 Å². The first kappa shape index (κ1) is 15.6. The molecule has 0 amide bonds. The van der Waals surface area contributed by atoms with E-state index < -0.39 is 17.5 Å². The molecule has 0 N–H and O–H groups in total. The lowest BCUT2D eigenvalue weighted by molar-refractivity contribution is -0.137. The normalized spacial score (nSPS) is 11.4. The predicted molar refractivity (Wildman–Crippen MR) is 75.5 cm³/mol. The highest BCUT2D eigenvalue weighted by Gasteiger charge is 2.31. The Morgan fingerprint density at radius 2 is 1.71 bits per heavy atom. The van der Waals surface area contributed by atoms with Gasteiger partial charge in [0.25, 0.3) is 0 Å². The summed E-state index contributed by atoms with van der Waals surface area (Å²) >= 11 is 5.83. The molecular formula is C16H12ClF3O. The molecule has 0 atom stereocenters. The smallest absolute Gasteiger partial charge is 0.294 e. The lowest BCUT2D eigenvalue weighted by atomic mass is 10.0. The quantitative estimate of drug-likeness (QED) is 0.711. The third-order valence-corrected chi connectivity index (χ3v) is 3.41.